The van der Waals surface area contributed by atoms with Gasteiger partial charge in [0.05, 0.1) is 11.3 Å². The van der Waals surface area contributed by atoms with Gasteiger partial charge in [-0.15, -0.1) is 5.11 Å². The molecule has 0 amide bonds. The number of rotatable bonds is 3. The van der Waals surface area contributed by atoms with E-state index in [0.717, 1.165) is 10.8 Å². The molecule has 5 heteroatoms. The average molecular weight is 342 g/mol. The maximum absolute atomic E-state index is 10.9. The molecule has 0 radical (unpaired) electrons. The molecule has 4 aromatic rings. The van der Waals surface area contributed by atoms with Crippen LogP contribution in [-0.4, -0.2) is 16.2 Å². The van der Waals surface area contributed by atoms with E-state index in [4.69, 9.17) is 5.11 Å². The lowest BCUT2D eigenvalue weighted by Crippen LogP contribution is -1.93. The number of nitrogens with zero attached hydrogens (tertiary/aromatic N) is 2. The Morgan fingerprint density at radius 3 is 1.69 bits per heavy atom. The number of hydrogen-bond donors (Lipinski definition) is 2. The first-order valence-corrected chi connectivity index (χ1v) is 8.02. The molecule has 0 unspecified atom stereocenters. The standard InChI is InChI=1S/C21H14N2O3/c24-20-17-7-3-1-5-15(17)19(16-6-2-4-8-18(16)20)23-22-14-11-9-13(10-12-14)21(25)26/h1-12,24H,(H,25,26). The predicted octanol–water partition coefficient (Wildman–Crippen LogP) is 5.81. The lowest BCUT2D eigenvalue weighted by atomic mass is 10.00. The fourth-order valence-electron chi connectivity index (χ4n) is 2.97. The largest absolute Gasteiger partial charge is 0.507 e. The van der Waals surface area contributed by atoms with Gasteiger partial charge < -0.3 is 10.2 Å². The summed E-state index contributed by atoms with van der Waals surface area (Å²) in [6.07, 6.45) is 0. The first kappa shape index (κ1) is 15.8. The van der Waals surface area contributed by atoms with E-state index in [1.165, 1.54) is 12.1 Å². The predicted molar refractivity (Wildman–Crippen MR) is 101 cm³/mol. The van der Waals surface area contributed by atoms with Crippen molar-refractivity contribution in [3.8, 4) is 5.75 Å². The molecule has 0 spiro atoms. The molecular weight excluding hydrogens is 328 g/mol. The number of carbonyl (C=O) groups is 1. The third-order valence-corrected chi connectivity index (χ3v) is 4.25. The van der Waals surface area contributed by atoms with Gasteiger partial charge in [0, 0.05) is 21.5 Å². The molecule has 0 atom stereocenters. The number of phenols is 1. The van der Waals surface area contributed by atoms with E-state index < -0.39 is 5.97 Å². The third-order valence-electron chi connectivity index (χ3n) is 4.25. The molecule has 26 heavy (non-hydrogen) atoms. The lowest BCUT2D eigenvalue weighted by molar-refractivity contribution is 0.0697. The molecular formula is C21H14N2O3. The first-order valence-electron chi connectivity index (χ1n) is 8.02. The number of azo groups is 1. The van der Waals surface area contributed by atoms with Crippen molar-refractivity contribution in [2.24, 2.45) is 10.2 Å². The average Bonchev–Trinajstić information content (AvgIpc) is 2.68. The van der Waals surface area contributed by atoms with Crippen molar-refractivity contribution in [2.75, 3.05) is 0 Å². The van der Waals surface area contributed by atoms with Crippen molar-refractivity contribution in [1.82, 2.24) is 0 Å². The number of fused-ring (bicyclic) bond motifs is 2. The number of aromatic hydroxyl groups is 1. The van der Waals surface area contributed by atoms with Crippen LogP contribution in [0.5, 0.6) is 5.75 Å². The minimum Gasteiger partial charge on any atom is -0.507 e. The topological polar surface area (TPSA) is 82.2 Å². The smallest absolute Gasteiger partial charge is 0.335 e. The Hall–Kier alpha value is -3.73. The van der Waals surface area contributed by atoms with Crippen molar-refractivity contribution >= 4 is 38.9 Å². The fourth-order valence-corrected chi connectivity index (χ4v) is 2.97. The molecule has 4 rings (SSSR count). The minimum atomic E-state index is -0.982. The number of benzene rings is 4. The minimum absolute atomic E-state index is 0.199. The Balaban J connectivity index is 1.89. The van der Waals surface area contributed by atoms with E-state index in [0.29, 0.717) is 22.1 Å². The molecule has 2 N–H and O–H groups in total. The Morgan fingerprint density at radius 1 is 0.692 bits per heavy atom. The molecule has 0 aromatic heterocycles. The van der Waals surface area contributed by atoms with Crippen LogP contribution in [-0.2, 0) is 0 Å². The van der Waals surface area contributed by atoms with Gasteiger partial charge in [-0.2, -0.15) is 5.11 Å². The highest BCUT2D eigenvalue weighted by Crippen LogP contribution is 2.42. The van der Waals surface area contributed by atoms with Crippen molar-refractivity contribution < 1.29 is 15.0 Å². The van der Waals surface area contributed by atoms with Crippen molar-refractivity contribution in [3.63, 3.8) is 0 Å². The maximum atomic E-state index is 10.9. The van der Waals surface area contributed by atoms with Crippen LogP contribution in [0.2, 0.25) is 0 Å². The molecule has 4 aromatic carbocycles. The molecule has 0 aliphatic carbocycles. The van der Waals surface area contributed by atoms with Crippen LogP contribution in [0.15, 0.2) is 83.0 Å². The quantitative estimate of drug-likeness (QED) is 0.364. The third kappa shape index (κ3) is 2.65. The van der Waals surface area contributed by atoms with E-state index in [1.807, 2.05) is 48.5 Å². The fraction of sp³-hybridized carbons (Fsp3) is 0. The van der Waals surface area contributed by atoms with Gasteiger partial charge in [-0.3, -0.25) is 0 Å². The molecule has 5 nitrogen and oxygen atoms in total. The zero-order valence-electron chi connectivity index (χ0n) is 13.6. The maximum Gasteiger partial charge on any atom is 0.335 e. The first-order chi connectivity index (χ1) is 12.6. The Bertz CT molecular complexity index is 1110. The number of phenolic OH excluding ortho intramolecular Hbond substituents is 1. The zero-order chi connectivity index (χ0) is 18.1. The van der Waals surface area contributed by atoms with E-state index in [9.17, 15) is 9.90 Å². The van der Waals surface area contributed by atoms with Crippen LogP contribution < -0.4 is 0 Å². The molecule has 0 aliphatic heterocycles. The summed E-state index contributed by atoms with van der Waals surface area (Å²) in [6, 6.07) is 21.2. The number of aromatic carboxylic acids is 1. The van der Waals surface area contributed by atoms with Crippen LogP contribution in [0, 0.1) is 0 Å². The van der Waals surface area contributed by atoms with Gasteiger partial charge in [-0.1, -0.05) is 48.5 Å². The summed E-state index contributed by atoms with van der Waals surface area (Å²) in [4.78, 5) is 10.9. The van der Waals surface area contributed by atoms with Crippen LogP contribution in [0.25, 0.3) is 21.5 Å². The van der Waals surface area contributed by atoms with Gasteiger partial charge in [0.1, 0.15) is 11.4 Å². The summed E-state index contributed by atoms with van der Waals surface area (Å²) in [6.45, 7) is 0. The summed E-state index contributed by atoms with van der Waals surface area (Å²) >= 11 is 0. The van der Waals surface area contributed by atoms with Gasteiger partial charge in [0.2, 0.25) is 0 Å². The van der Waals surface area contributed by atoms with Crippen LogP contribution >= 0.6 is 0 Å². The van der Waals surface area contributed by atoms with E-state index in [-0.39, 0.29) is 11.3 Å². The Kier molecular flexibility index (Phi) is 3.82. The summed E-state index contributed by atoms with van der Waals surface area (Å²) < 4.78 is 0. The molecule has 0 fully saturated rings. The summed E-state index contributed by atoms with van der Waals surface area (Å²) in [5.74, 6) is -0.759. The van der Waals surface area contributed by atoms with Gasteiger partial charge >= 0.3 is 5.97 Å². The van der Waals surface area contributed by atoms with Crippen molar-refractivity contribution in [1.29, 1.82) is 0 Å². The molecule has 0 saturated heterocycles. The normalized spacial score (nSPS) is 11.4. The number of hydrogen-bond acceptors (Lipinski definition) is 4. The lowest BCUT2D eigenvalue weighted by Gasteiger charge is -2.09. The Morgan fingerprint density at radius 2 is 1.19 bits per heavy atom. The van der Waals surface area contributed by atoms with Gasteiger partial charge in [0.15, 0.2) is 0 Å². The van der Waals surface area contributed by atoms with E-state index in [1.54, 1.807) is 12.1 Å². The second kappa shape index (κ2) is 6.29. The molecule has 0 heterocycles. The van der Waals surface area contributed by atoms with Crippen molar-refractivity contribution in [2.45, 2.75) is 0 Å². The highest BCUT2D eigenvalue weighted by atomic mass is 16.4. The molecule has 0 bridgehead atoms. The van der Waals surface area contributed by atoms with Gasteiger partial charge in [0.25, 0.3) is 0 Å². The molecule has 0 saturated carbocycles. The van der Waals surface area contributed by atoms with Crippen LogP contribution in [0.3, 0.4) is 0 Å². The van der Waals surface area contributed by atoms with Gasteiger partial charge in [-0.25, -0.2) is 4.79 Å². The zero-order valence-corrected chi connectivity index (χ0v) is 13.6. The Labute approximate surface area is 148 Å². The second-order valence-corrected chi connectivity index (χ2v) is 5.84. The summed E-state index contributed by atoms with van der Waals surface area (Å²) in [5, 5.41) is 31.2. The summed E-state index contributed by atoms with van der Waals surface area (Å²) in [7, 11) is 0. The highest BCUT2D eigenvalue weighted by Gasteiger charge is 2.12. The van der Waals surface area contributed by atoms with Crippen LogP contribution in [0.4, 0.5) is 11.4 Å². The molecule has 126 valence electrons. The van der Waals surface area contributed by atoms with Crippen LogP contribution in [0.1, 0.15) is 10.4 Å². The number of carboxylic acid groups (broad SMARTS) is 1. The van der Waals surface area contributed by atoms with E-state index in [2.05, 4.69) is 10.2 Å². The monoisotopic (exact) mass is 342 g/mol. The van der Waals surface area contributed by atoms with Gasteiger partial charge in [-0.05, 0) is 24.3 Å². The van der Waals surface area contributed by atoms with Crippen molar-refractivity contribution in [3.05, 3.63) is 78.4 Å². The highest BCUT2D eigenvalue weighted by molar-refractivity contribution is 6.14. The van der Waals surface area contributed by atoms with E-state index >= 15 is 0 Å². The summed E-state index contributed by atoms with van der Waals surface area (Å²) in [5.41, 5.74) is 1.41. The molecule has 0 aliphatic rings. The second-order valence-electron chi connectivity index (χ2n) is 5.84. The SMILES string of the molecule is O=C(O)c1ccc(N=Nc2c3ccccc3c(O)c3ccccc23)cc1. The number of carboxylic acids is 1.